The van der Waals surface area contributed by atoms with Crippen LogP contribution in [0.25, 0.3) is 27.9 Å². The van der Waals surface area contributed by atoms with Gasteiger partial charge in [-0.3, -0.25) is 9.59 Å². The third kappa shape index (κ3) is 3.91. The summed E-state index contributed by atoms with van der Waals surface area (Å²) >= 11 is 0. The number of aryl methyl sites for hydroxylation is 1. The standard InChI is InChI=1S/C29H32N6O2/c1-18-13-16-35(28(18)36)22-11-9-20(10-12-22)25-23(24-26(30)31-17-32-27(24)33(25)2)19-5-7-21(8-6-19)29(37)34-14-3-4-15-34/h5,9-12,17,21H,1,3-4,6-8,13-16H2,2H3,(H2,30,31,32)/t21-/m1/s1. The largest absolute Gasteiger partial charge is 0.383 e. The number of fused-ring (bicyclic) bond motifs is 1. The maximum atomic E-state index is 13.0. The number of nitrogen functional groups attached to an aromatic ring is 1. The molecule has 1 aliphatic carbocycles. The van der Waals surface area contributed by atoms with Crippen LogP contribution in [0.3, 0.4) is 0 Å². The Kier molecular flexibility index (Phi) is 5.82. The van der Waals surface area contributed by atoms with Gasteiger partial charge in [0.05, 0.1) is 11.1 Å². The zero-order chi connectivity index (χ0) is 25.7. The number of hydrogen-bond acceptors (Lipinski definition) is 5. The van der Waals surface area contributed by atoms with Gasteiger partial charge in [0.1, 0.15) is 17.8 Å². The molecular weight excluding hydrogens is 464 g/mol. The third-order valence-corrected chi connectivity index (χ3v) is 8.13. The zero-order valence-electron chi connectivity index (χ0n) is 21.2. The average molecular weight is 497 g/mol. The van der Waals surface area contributed by atoms with E-state index in [0.29, 0.717) is 30.3 Å². The van der Waals surface area contributed by atoms with Crippen LogP contribution in [-0.2, 0) is 16.6 Å². The topological polar surface area (TPSA) is 97.3 Å². The van der Waals surface area contributed by atoms with Crippen molar-refractivity contribution in [1.82, 2.24) is 19.4 Å². The fourth-order valence-corrected chi connectivity index (χ4v) is 6.10. The summed E-state index contributed by atoms with van der Waals surface area (Å²) in [6, 6.07) is 8.08. The molecule has 2 amide bonds. The van der Waals surface area contributed by atoms with Crippen LogP contribution in [0.15, 0.2) is 48.8 Å². The normalized spacial score (nSPS) is 20.2. The lowest BCUT2D eigenvalue weighted by Gasteiger charge is -2.26. The molecule has 2 N–H and O–H groups in total. The maximum absolute atomic E-state index is 13.0. The van der Waals surface area contributed by atoms with Crippen molar-refractivity contribution in [1.29, 1.82) is 0 Å². The maximum Gasteiger partial charge on any atom is 0.253 e. The van der Waals surface area contributed by atoms with E-state index in [2.05, 4.69) is 27.2 Å². The first-order valence-electron chi connectivity index (χ1n) is 13.1. The van der Waals surface area contributed by atoms with Crippen LogP contribution in [0, 0.1) is 5.92 Å². The summed E-state index contributed by atoms with van der Waals surface area (Å²) in [4.78, 5) is 38.1. The van der Waals surface area contributed by atoms with Crippen LogP contribution in [0.1, 0.15) is 44.1 Å². The van der Waals surface area contributed by atoms with Crippen LogP contribution in [-0.4, -0.2) is 50.9 Å². The molecule has 8 heteroatoms. The van der Waals surface area contributed by atoms with E-state index in [1.165, 1.54) is 11.9 Å². The van der Waals surface area contributed by atoms with Crippen molar-refractivity contribution in [2.75, 3.05) is 30.3 Å². The van der Waals surface area contributed by atoms with Gasteiger partial charge in [-0.25, -0.2) is 9.97 Å². The smallest absolute Gasteiger partial charge is 0.253 e. The SMILES string of the molecule is C=C1CCN(c2ccc(-c3c(C4=CC[C@@H](C(=O)N5CCCC5)CC4)c4c(N)ncnc4n3C)cc2)C1=O. The van der Waals surface area contributed by atoms with E-state index in [1.54, 1.807) is 4.90 Å². The van der Waals surface area contributed by atoms with E-state index in [0.717, 1.165) is 78.7 Å². The van der Waals surface area contributed by atoms with E-state index in [1.807, 2.05) is 36.2 Å². The van der Waals surface area contributed by atoms with Crippen LogP contribution < -0.4 is 10.6 Å². The molecule has 1 aromatic carbocycles. The Hall–Kier alpha value is -3.94. The van der Waals surface area contributed by atoms with Gasteiger partial charge < -0.3 is 20.1 Å². The first kappa shape index (κ1) is 23.5. The lowest BCUT2D eigenvalue weighted by atomic mass is 9.84. The Morgan fingerprint density at radius 1 is 1.08 bits per heavy atom. The molecule has 2 aliphatic heterocycles. The molecule has 2 fully saturated rings. The highest BCUT2D eigenvalue weighted by Crippen LogP contribution is 2.43. The summed E-state index contributed by atoms with van der Waals surface area (Å²) < 4.78 is 2.07. The molecule has 0 radical (unpaired) electrons. The number of nitrogens with two attached hydrogens (primary N) is 1. The molecule has 8 nitrogen and oxygen atoms in total. The Labute approximate surface area is 216 Å². The van der Waals surface area contributed by atoms with E-state index >= 15 is 0 Å². The van der Waals surface area contributed by atoms with Crippen molar-refractivity contribution in [3.05, 3.63) is 54.4 Å². The highest BCUT2D eigenvalue weighted by atomic mass is 16.2. The van der Waals surface area contributed by atoms with Crippen molar-refractivity contribution in [3.8, 4) is 11.3 Å². The van der Waals surface area contributed by atoms with Gasteiger partial charge in [0.2, 0.25) is 5.91 Å². The fraction of sp³-hybridized carbons (Fsp3) is 0.379. The van der Waals surface area contributed by atoms with Crippen LogP contribution >= 0.6 is 0 Å². The van der Waals surface area contributed by atoms with Crippen molar-refractivity contribution in [2.24, 2.45) is 13.0 Å². The third-order valence-electron chi connectivity index (χ3n) is 8.13. The summed E-state index contributed by atoms with van der Waals surface area (Å²) in [6.45, 7) is 6.31. The number of carbonyl (C=O) groups excluding carboxylic acids is 2. The van der Waals surface area contributed by atoms with Gasteiger partial charge in [-0.05, 0) is 61.8 Å². The molecule has 37 heavy (non-hydrogen) atoms. The second-order valence-corrected chi connectivity index (χ2v) is 10.3. The minimum atomic E-state index is -0.00788. The summed E-state index contributed by atoms with van der Waals surface area (Å²) in [5.74, 6) is 0.784. The lowest BCUT2D eigenvalue weighted by Crippen LogP contribution is -2.34. The predicted molar refractivity (Wildman–Crippen MR) is 146 cm³/mol. The number of benzene rings is 1. The predicted octanol–water partition coefficient (Wildman–Crippen LogP) is 4.32. The van der Waals surface area contributed by atoms with E-state index in [4.69, 9.17) is 5.73 Å². The van der Waals surface area contributed by atoms with E-state index in [-0.39, 0.29) is 11.8 Å². The fourth-order valence-electron chi connectivity index (χ4n) is 6.10. The molecule has 2 saturated heterocycles. The van der Waals surface area contributed by atoms with Gasteiger partial charge >= 0.3 is 0 Å². The number of rotatable bonds is 4. The van der Waals surface area contributed by atoms with E-state index in [9.17, 15) is 9.59 Å². The van der Waals surface area contributed by atoms with Gasteiger partial charge in [0.15, 0.2) is 0 Å². The zero-order valence-corrected chi connectivity index (χ0v) is 21.2. The van der Waals surface area contributed by atoms with Crippen molar-refractivity contribution >= 4 is 39.9 Å². The molecule has 3 aromatic rings. The average Bonchev–Trinajstić information content (AvgIpc) is 3.64. The second kappa shape index (κ2) is 9.18. The Morgan fingerprint density at radius 2 is 1.84 bits per heavy atom. The summed E-state index contributed by atoms with van der Waals surface area (Å²) in [5.41, 5.74) is 13.0. The molecule has 1 atom stereocenters. The minimum absolute atomic E-state index is 0.00788. The monoisotopic (exact) mass is 496 g/mol. The minimum Gasteiger partial charge on any atom is -0.383 e. The van der Waals surface area contributed by atoms with Crippen molar-refractivity contribution < 1.29 is 9.59 Å². The number of amides is 2. The van der Waals surface area contributed by atoms with Crippen molar-refractivity contribution in [3.63, 3.8) is 0 Å². The van der Waals surface area contributed by atoms with E-state index < -0.39 is 0 Å². The molecular formula is C29H32N6O2. The lowest BCUT2D eigenvalue weighted by molar-refractivity contribution is -0.134. The second-order valence-electron chi connectivity index (χ2n) is 10.3. The molecule has 3 aliphatic rings. The summed E-state index contributed by atoms with van der Waals surface area (Å²) in [5, 5.41) is 0.852. The van der Waals surface area contributed by atoms with Crippen LogP contribution in [0.4, 0.5) is 11.5 Å². The number of anilines is 2. The number of aromatic nitrogens is 3. The molecule has 2 aromatic heterocycles. The Balaban J connectivity index is 1.39. The molecule has 6 rings (SSSR count). The Bertz CT molecular complexity index is 1450. The summed E-state index contributed by atoms with van der Waals surface area (Å²) in [7, 11) is 2.00. The molecule has 4 heterocycles. The molecule has 0 unspecified atom stereocenters. The molecule has 0 bridgehead atoms. The highest BCUT2D eigenvalue weighted by molar-refractivity contribution is 6.08. The molecule has 190 valence electrons. The number of nitrogens with zero attached hydrogens (tertiary/aromatic N) is 5. The van der Waals surface area contributed by atoms with Gasteiger partial charge in [-0.15, -0.1) is 0 Å². The van der Waals surface area contributed by atoms with Gasteiger partial charge in [-0.2, -0.15) is 0 Å². The van der Waals surface area contributed by atoms with Crippen molar-refractivity contribution in [2.45, 2.75) is 38.5 Å². The number of likely N-dealkylation sites (tertiary alicyclic amines) is 1. The number of allylic oxidation sites excluding steroid dienone is 2. The van der Waals surface area contributed by atoms with Gasteiger partial charge in [-0.1, -0.05) is 24.8 Å². The van der Waals surface area contributed by atoms with Crippen LogP contribution in [0.5, 0.6) is 0 Å². The molecule has 0 spiro atoms. The van der Waals surface area contributed by atoms with Gasteiger partial charge in [0.25, 0.3) is 5.91 Å². The number of hydrogen-bond donors (Lipinski definition) is 1. The highest BCUT2D eigenvalue weighted by Gasteiger charge is 2.31. The summed E-state index contributed by atoms with van der Waals surface area (Å²) in [6.07, 6.45) is 8.98. The Morgan fingerprint density at radius 3 is 2.49 bits per heavy atom. The van der Waals surface area contributed by atoms with Gasteiger partial charge in [0, 0.05) is 49.4 Å². The first-order chi connectivity index (χ1) is 17.9. The quantitative estimate of drug-likeness (QED) is 0.543. The molecule has 0 saturated carbocycles. The first-order valence-corrected chi connectivity index (χ1v) is 13.1. The van der Waals surface area contributed by atoms with Crippen LogP contribution in [0.2, 0.25) is 0 Å². The number of carbonyl (C=O) groups is 2.